The minimum atomic E-state index is -0.0756. The van der Waals surface area contributed by atoms with Gasteiger partial charge in [0.1, 0.15) is 6.33 Å². The summed E-state index contributed by atoms with van der Waals surface area (Å²) in [4.78, 5) is 40.6. The second-order valence-electron chi connectivity index (χ2n) is 8.00. The number of likely N-dealkylation sites (N-methyl/N-ethyl adjacent to an activating group) is 1. The average molecular weight is 405 g/mol. The number of likely N-dealkylation sites (tertiary alicyclic amines) is 1. The summed E-state index contributed by atoms with van der Waals surface area (Å²) in [5.74, 6) is -0.0756. The van der Waals surface area contributed by atoms with Crippen LogP contribution < -0.4 is 0 Å². The van der Waals surface area contributed by atoms with E-state index in [9.17, 15) is 9.59 Å². The predicted octanol–water partition coefficient (Wildman–Crippen LogP) is 0.786. The Morgan fingerprint density at radius 3 is 2.41 bits per heavy atom. The molecule has 0 radical (unpaired) electrons. The predicted molar refractivity (Wildman–Crippen MR) is 109 cm³/mol. The molecular formula is C20H32N6O3. The monoisotopic (exact) mass is 404 g/mol. The van der Waals surface area contributed by atoms with E-state index in [4.69, 9.17) is 4.74 Å². The van der Waals surface area contributed by atoms with Crippen LogP contribution in [0.25, 0.3) is 0 Å². The minimum Gasteiger partial charge on any atom is -0.381 e. The third-order valence-electron chi connectivity index (χ3n) is 5.79. The molecule has 9 heteroatoms. The fourth-order valence-corrected chi connectivity index (χ4v) is 4.15. The highest BCUT2D eigenvalue weighted by Crippen LogP contribution is 2.23. The van der Waals surface area contributed by atoms with Gasteiger partial charge < -0.3 is 19.4 Å². The first-order valence-electron chi connectivity index (χ1n) is 10.3. The highest BCUT2D eigenvalue weighted by Gasteiger charge is 2.35. The molecule has 0 spiro atoms. The van der Waals surface area contributed by atoms with Crippen LogP contribution in [-0.2, 0) is 4.74 Å². The second-order valence-corrected chi connectivity index (χ2v) is 8.00. The molecule has 3 rings (SSSR count). The molecule has 0 N–H and O–H groups in total. The minimum absolute atomic E-state index is 0.0656. The summed E-state index contributed by atoms with van der Waals surface area (Å²) in [5, 5.41) is 0. The maximum Gasteiger partial charge on any atom is 0.319 e. The fraction of sp³-hybridized carbons (Fsp3) is 0.700. The molecule has 1 aromatic rings. The first-order chi connectivity index (χ1) is 14.0. The van der Waals surface area contributed by atoms with Crippen LogP contribution >= 0.6 is 0 Å². The number of carbonyl (C=O) groups excluding carboxylic acids is 2. The van der Waals surface area contributed by atoms with E-state index in [-0.39, 0.29) is 11.9 Å². The molecule has 0 aliphatic carbocycles. The van der Waals surface area contributed by atoms with Gasteiger partial charge in [0.2, 0.25) is 0 Å². The van der Waals surface area contributed by atoms with Crippen LogP contribution in [0.3, 0.4) is 0 Å². The molecule has 9 nitrogen and oxygen atoms in total. The van der Waals surface area contributed by atoms with Crippen LogP contribution in [0.15, 0.2) is 18.7 Å². The number of aromatic nitrogens is 2. The third kappa shape index (κ3) is 5.42. The molecule has 1 unspecified atom stereocenters. The van der Waals surface area contributed by atoms with Gasteiger partial charge in [-0.1, -0.05) is 0 Å². The summed E-state index contributed by atoms with van der Waals surface area (Å²) < 4.78 is 5.55. The van der Waals surface area contributed by atoms with Crippen molar-refractivity contribution >= 4 is 11.9 Å². The van der Waals surface area contributed by atoms with Crippen LogP contribution in [0.5, 0.6) is 0 Å². The number of amides is 3. The first kappa shape index (κ1) is 21.4. The summed E-state index contributed by atoms with van der Waals surface area (Å²) in [6, 6.07) is 0.799. The Kier molecular flexibility index (Phi) is 7.38. The molecule has 0 aromatic carbocycles. The van der Waals surface area contributed by atoms with Crippen LogP contribution in [0, 0.1) is 0 Å². The van der Waals surface area contributed by atoms with Crippen LogP contribution in [0.2, 0.25) is 0 Å². The van der Waals surface area contributed by atoms with Crippen molar-refractivity contribution < 1.29 is 14.3 Å². The summed E-state index contributed by atoms with van der Waals surface area (Å²) >= 11 is 0. The number of ether oxygens (including phenoxy) is 1. The quantitative estimate of drug-likeness (QED) is 0.697. The molecule has 160 valence electrons. The maximum atomic E-state index is 12.6. The molecule has 1 atom stereocenters. The van der Waals surface area contributed by atoms with Crippen LogP contribution in [0.1, 0.15) is 29.6 Å². The summed E-state index contributed by atoms with van der Waals surface area (Å²) in [7, 11) is 5.40. The van der Waals surface area contributed by atoms with Gasteiger partial charge in [0.05, 0.1) is 5.56 Å². The van der Waals surface area contributed by atoms with Gasteiger partial charge in [-0.2, -0.15) is 0 Å². The van der Waals surface area contributed by atoms with E-state index in [1.165, 1.54) is 6.33 Å². The smallest absolute Gasteiger partial charge is 0.319 e. The number of urea groups is 1. The summed E-state index contributed by atoms with van der Waals surface area (Å²) in [6.45, 7) is 4.43. The van der Waals surface area contributed by atoms with Crippen molar-refractivity contribution in [3.63, 3.8) is 0 Å². The molecule has 2 fully saturated rings. The third-order valence-corrected chi connectivity index (χ3v) is 5.79. The van der Waals surface area contributed by atoms with Crippen molar-refractivity contribution in [2.75, 3.05) is 60.5 Å². The van der Waals surface area contributed by atoms with E-state index < -0.39 is 0 Å². The van der Waals surface area contributed by atoms with Crippen LogP contribution in [0.4, 0.5) is 4.79 Å². The Labute approximate surface area is 172 Å². The zero-order chi connectivity index (χ0) is 20.8. The van der Waals surface area contributed by atoms with E-state index in [1.54, 1.807) is 36.3 Å². The summed E-state index contributed by atoms with van der Waals surface area (Å²) in [6.07, 6.45) is 7.45. The highest BCUT2D eigenvalue weighted by atomic mass is 16.5. The lowest BCUT2D eigenvalue weighted by atomic mass is 10.0. The van der Waals surface area contributed by atoms with Gasteiger partial charge in [-0.05, 0) is 19.3 Å². The Morgan fingerprint density at radius 2 is 1.76 bits per heavy atom. The van der Waals surface area contributed by atoms with Crippen molar-refractivity contribution in [2.45, 2.75) is 31.3 Å². The fourth-order valence-electron chi connectivity index (χ4n) is 4.15. The van der Waals surface area contributed by atoms with Crippen molar-refractivity contribution in [1.82, 2.24) is 29.6 Å². The van der Waals surface area contributed by atoms with Crippen molar-refractivity contribution in [2.24, 2.45) is 0 Å². The molecule has 3 heterocycles. The highest BCUT2D eigenvalue weighted by molar-refractivity contribution is 5.93. The van der Waals surface area contributed by atoms with E-state index in [0.717, 1.165) is 52.1 Å². The van der Waals surface area contributed by atoms with Gasteiger partial charge >= 0.3 is 6.03 Å². The van der Waals surface area contributed by atoms with Gasteiger partial charge in [0.15, 0.2) is 0 Å². The van der Waals surface area contributed by atoms with Crippen molar-refractivity contribution in [3.05, 3.63) is 24.3 Å². The lowest BCUT2D eigenvalue weighted by Crippen LogP contribution is -2.50. The van der Waals surface area contributed by atoms with E-state index >= 15 is 0 Å². The lowest BCUT2D eigenvalue weighted by Gasteiger charge is -2.39. The van der Waals surface area contributed by atoms with E-state index in [0.29, 0.717) is 24.2 Å². The lowest BCUT2D eigenvalue weighted by molar-refractivity contribution is 0.0151. The molecular weight excluding hydrogens is 372 g/mol. The summed E-state index contributed by atoms with van der Waals surface area (Å²) in [5.41, 5.74) is 0.497. The standard InChI is InChI=1S/C20H32N6O3/c1-23(2)20(28)25-7-4-18(14-25)26(17-5-10-29-11-6-17)9-8-24(3)19(27)16-12-21-15-22-13-16/h12-13,15,17-18H,4-11,14H2,1-3H3. The SMILES string of the molecule is CN(C)C(=O)N1CCC(N(CCN(C)C(=O)c2cncnc2)C2CCOCC2)C1. The number of hydrogen-bond donors (Lipinski definition) is 0. The largest absolute Gasteiger partial charge is 0.381 e. The van der Waals surface area contributed by atoms with Gasteiger partial charge in [-0.25, -0.2) is 14.8 Å². The van der Waals surface area contributed by atoms with E-state index in [2.05, 4.69) is 14.9 Å². The molecule has 1 aromatic heterocycles. The zero-order valence-corrected chi connectivity index (χ0v) is 17.7. The zero-order valence-electron chi connectivity index (χ0n) is 17.7. The Hall–Kier alpha value is -2.26. The normalized spacial score (nSPS) is 20.1. The maximum absolute atomic E-state index is 12.6. The van der Waals surface area contributed by atoms with Gasteiger partial charge in [0.25, 0.3) is 5.91 Å². The van der Waals surface area contributed by atoms with Crippen LogP contribution in [-0.4, -0.2) is 114 Å². The van der Waals surface area contributed by atoms with Gasteiger partial charge in [-0.3, -0.25) is 9.69 Å². The average Bonchev–Trinajstić information content (AvgIpc) is 3.23. The molecule has 2 saturated heterocycles. The number of rotatable bonds is 6. The first-order valence-corrected chi connectivity index (χ1v) is 10.3. The molecule has 2 aliphatic heterocycles. The van der Waals surface area contributed by atoms with Crippen molar-refractivity contribution in [1.29, 1.82) is 0 Å². The van der Waals surface area contributed by atoms with Crippen molar-refractivity contribution in [3.8, 4) is 0 Å². The Bertz CT molecular complexity index is 680. The number of carbonyl (C=O) groups is 2. The second kappa shape index (κ2) is 9.98. The number of hydrogen-bond acceptors (Lipinski definition) is 6. The Morgan fingerprint density at radius 1 is 1.07 bits per heavy atom. The number of nitrogens with zero attached hydrogens (tertiary/aromatic N) is 6. The van der Waals surface area contributed by atoms with Gasteiger partial charge in [0, 0.05) is 85.0 Å². The Balaban J connectivity index is 1.63. The molecule has 29 heavy (non-hydrogen) atoms. The van der Waals surface area contributed by atoms with E-state index in [1.807, 2.05) is 11.9 Å². The molecule has 3 amide bonds. The molecule has 0 saturated carbocycles. The molecule has 2 aliphatic rings. The topological polar surface area (TPSA) is 82.1 Å². The molecule has 0 bridgehead atoms. The van der Waals surface area contributed by atoms with Gasteiger partial charge in [-0.15, -0.1) is 0 Å².